The number of aromatic nitrogens is 3. The molecule has 0 fully saturated rings. The normalized spacial score (nSPS) is 11.1. The van der Waals surface area contributed by atoms with E-state index in [0.29, 0.717) is 15.2 Å². The van der Waals surface area contributed by atoms with Crippen molar-refractivity contribution in [2.45, 2.75) is 12.1 Å². The number of ether oxygens (including phenoxy) is 1. The summed E-state index contributed by atoms with van der Waals surface area (Å²) in [6, 6.07) is 19.1. The maximum Gasteiger partial charge on any atom is 0.342 e. The van der Waals surface area contributed by atoms with Crippen LogP contribution in [0.5, 0.6) is 11.5 Å². The molecule has 1 aromatic heterocycles. The van der Waals surface area contributed by atoms with Gasteiger partial charge < -0.3 is 9.84 Å². The Balaban J connectivity index is 1.52. The SMILES string of the molecule is COc1ccc(-c2[nH]nc(SCC(=O)N/N=C/c3cc(Br)cc(Br)c3O)[n+]2-c2ccc(C)cc2)cc1. The second-order valence-corrected chi connectivity index (χ2v) is 10.4. The van der Waals surface area contributed by atoms with Gasteiger partial charge in [0.2, 0.25) is 0 Å². The van der Waals surface area contributed by atoms with Gasteiger partial charge in [-0.1, -0.05) is 33.6 Å². The van der Waals surface area contributed by atoms with Gasteiger partial charge in [0.15, 0.2) is 0 Å². The van der Waals surface area contributed by atoms with Gasteiger partial charge in [-0.25, -0.2) is 5.43 Å². The number of thioether (sulfide) groups is 1. The van der Waals surface area contributed by atoms with Crippen molar-refractivity contribution in [2.24, 2.45) is 5.10 Å². The number of phenolic OH excluding ortho intramolecular Hbond substituents is 1. The molecule has 0 bridgehead atoms. The number of phenols is 1. The molecule has 0 unspecified atom stereocenters. The number of aryl methyl sites for hydroxylation is 1. The second kappa shape index (κ2) is 11.7. The fraction of sp³-hybridized carbons (Fsp3) is 0.120. The summed E-state index contributed by atoms with van der Waals surface area (Å²) in [7, 11) is 1.63. The second-order valence-electron chi connectivity index (χ2n) is 7.66. The van der Waals surface area contributed by atoms with Crippen LogP contribution in [0.25, 0.3) is 17.1 Å². The maximum absolute atomic E-state index is 12.5. The molecule has 36 heavy (non-hydrogen) atoms. The number of aromatic hydroxyl groups is 1. The van der Waals surface area contributed by atoms with Crippen molar-refractivity contribution < 1.29 is 19.2 Å². The van der Waals surface area contributed by atoms with Crippen LogP contribution in [0.15, 0.2) is 79.9 Å². The minimum absolute atomic E-state index is 0.0345. The Bertz CT molecular complexity index is 1410. The lowest BCUT2D eigenvalue weighted by Gasteiger charge is -2.06. The van der Waals surface area contributed by atoms with E-state index in [1.54, 1.807) is 19.2 Å². The molecular formula is C25H22Br2N5O3S+. The first-order valence-corrected chi connectivity index (χ1v) is 13.3. The molecule has 0 atom stereocenters. The van der Waals surface area contributed by atoms with Crippen LogP contribution in [-0.2, 0) is 4.79 Å². The molecule has 8 nitrogen and oxygen atoms in total. The van der Waals surface area contributed by atoms with E-state index in [1.807, 2.05) is 60.0 Å². The standard InChI is InChI=1S/C25H21Br2N5O3S/c1-15-3-7-19(8-4-15)32-24(16-5-9-20(35-2)10-6-16)30-31-25(32)36-14-22(33)29-28-13-17-11-18(26)12-21(27)23(17)34/h3-13H,14H2,1-2H3,(H2,28,29,33,34)/p+1. The molecule has 0 spiro atoms. The quantitative estimate of drug-likeness (QED) is 0.108. The predicted octanol–water partition coefficient (Wildman–Crippen LogP) is 5.14. The van der Waals surface area contributed by atoms with Gasteiger partial charge in [0.05, 0.1) is 34.2 Å². The Hall–Kier alpha value is -3.15. The van der Waals surface area contributed by atoms with Gasteiger partial charge in [-0.2, -0.15) is 9.67 Å². The third-order valence-electron chi connectivity index (χ3n) is 5.11. The molecule has 184 valence electrons. The number of carbonyl (C=O) groups excluding carboxylic acids is 1. The Kier molecular flexibility index (Phi) is 8.44. The van der Waals surface area contributed by atoms with Crippen LogP contribution >= 0.6 is 43.6 Å². The summed E-state index contributed by atoms with van der Waals surface area (Å²) in [6.07, 6.45) is 1.39. The Morgan fingerprint density at radius 3 is 2.61 bits per heavy atom. The maximum atomic E-state index is 12.5. The molecule has 0 aliphatic carbocycles. The lowest BCUT2D eigenvalue weighted by atomic mass is 10.2. The van der Waals surface area contributed by atoms with E-state index < -0.39 is 0 Å². The van der Waals surface area contributed by atoms with Crippen molar-refractivity contribution in [3.05, 3.63) is 80.7 Å². The van der Waals surface area contributed by atoms with Crippen LogP contribution in [0.4, 0.5) is 0 Å². The smallest absolute Gasteiger partial charge is 0.342 e. The zero-order valence-corrected chi connectivity index (χ0v) is 23.3. The zero-order valence-electron chi connectivity index (χ0n) is 19.3. The number of methoxy groups -OCH3 is 1. The van der Waals surface area contributed by atoms with Crippen molar-refractivity contribution >= 4 is 55.7 Å². The van der Waals surface area contributed by atoms with Crippen LogP contribution in [-0.4, -0.2) is 40.3 Å². The summed E-state index contributed by atoms with van der Waals surface area (Å²) in [5, 5.41) is 22.3. The fourth-order valence-corrected chi connectivity index (χ4v) is 5.31. The number of hydrogen-bond acceptors (Lipinski definition) is 6. The molecule has 11 heteroatoms. The van der Waals surface area contributed by atoms with E-state index in [-0.39, 0.29) is 17.4 Å². The first-order chi connectivity index (χ1) is 17.4. The Morgan fingerprint density at radius 2 is 1.92 bits per heavy atom. The highest BCUT2D eigenvalue weighted by Gasteiger charge is 2.24. The van der Waals surface area contributed by atoms with Crippen LogP contribution in [0.3, 0.4) is 0 Å². The summed E-state index contributed by atoms with van der Waals surface area (Å²) in [6.45, 7) is 2.03. The third-order valence-corrected chi connectivity index (χ3v) is 7.11. The number of nitrogens with one attached hydrogen (secondary N) is 2. The van der Waals surface area contributed by atoms with Crippen molar-refractivity contribution in [1.82, 2.24) is 15.6 Å². The lowest BCUT2D eigenvalue weighted by Crippen LogP contribution is -2.34. The van der Waals surface area contributed by atoms with Gasteiger partial charge in [0.1, 0.15) is 17.2 Å². The van der Waals surface area contributed by atoms with Gasteiger partial charge in [-0.05, 0) is 83.1 Å². The minimum atomic E-state index is -0.311. The summed E-state index contributed by atoms with van der Waals surface area (Å²) in [4.78, 5) is 12.5. The van der Waals surface area contributed by atoms with Gasteiger partial charge >= 0.3 is 5.16 Å². The average Bonchev–Trinajstić information content (AvgIpc) is 3.30. The average molecular weight is 632 g/mol. The highest BCUT2D eigenvalue weighted by atomic mass is 79.9. The molecule has 1 amide bonds. The number of benzene rings is 3. The van der Waals surface area contributed by atoms with E-state index >= 15 is 0 Å². The van der Waals surface area contributed by atoms with E-state index in [0.717, 1.165) is 32.9 Å². The van der Waals surface area contributed by atoms with Crippen LogP contribution in [0, 0.1) is 6.92 Å². The number of aromatic amines is 1. The first kappa shape index (κ1) is 25.9. The predicted molar refractivity (Wildman–Crippen MR) is 147 cm³/mol. The zero-order chi connectivity index (χ0) is 25.7. The molecule has 0 aliphatic rings. The van der Waals surface area contributed by atoms with Gasteiger partial charge in [0, 0.05) is 10.0 Å². The number of H-pyrrole nitrogens is 1. The molecule has 3 aromatic carbocycles. The molecule has 0 saturated carbocycles. The number of nitrogens with zero attached hydrogens (tertiary/aromatic N) is 3. The highest BCUT2D eigenvalue weighted by molar-refractivity contribution is 9.11. The summed E-state index contributed by atoms with van der Waals surface area (Å²) in [5.41, 5.74) is 5.93. The van der Waals surface area contributed by atoms with Gasteiger partial charge in [-0.15, -0.1) is 5.10 Å². The van der Waals surface area contributed by atoms with Crippen molar-refractivity contribution in [2.75, 3.05) is 12.9 Å². The largest absolute Gasteiger partial charge is 0.506 e. The van der Waals surface area contributed by atoms with Crippen molar-refractivity contribution in [1.29, 1.82) is 0 Å². The topological polar surface area (TPSA) is 103 Å². The molecule has 3 N–H and O–H groups in total. The number of rotatable bonds is 8. The van der Waals surface area contributed by atoms with Crippen LogP contribution in [0.1, 0.15) is 11.1 Å². The number of carbonyl (C=O) groups is 1. The minimum Gasteiger partial charge on any atom is -0.506 e. The van der Waals surface area contributed by atoms with E-state index in [9.17, 15) is 9.90 Å². The molecule has 1 heterocycles. The number of amides is 1. The highest BCUT2D eigenvalue weighted by Crippen LogP contribution is 2.30. The molecule has 0 saturated heterocycles. The fourth-order valence-electron chi connectivity index (χ4n) is 3.29. The molecule has 4 rings (SSSR count). The van der Waals surface area contributed by atoms with E-state index in [1.165, 1.54) is 18.0 Å². The molecular weight excluding hydrogens is 610 g/mol. The van der Waals surface area contributed by atoms with Gasteiger partial charge in [0.25, 0.3) is 11.7 Å². The number of halogens is 2. The monoisotopic (exact) mass is 630 g/mol. The summed E-state index contributed by atoms with van der Waals surface area (Å²) >= 11 is 7.91. The molecule has 0 aliphatic heterocycles. The molecule has 4 aromatic rings. The van der Waals surface area contributed by atoms with E-state index in [2.05, 4.69) is 52.6 Å². The summed E-state index contributed by atoms with van der Waals surface area (Å²) < 4.78 is 8.53. The van der Waals surface area contributed by atoms with Gasteiger partial charge in [-0.3, -0.25) is 4.79 Å². The van der Waals surface area contributed by atoms with E-state index in [4.69, 9.17) is 4.74 Å². The lowest BCUT2D eigenvalue weighted by molar-refractivity contribution is -0.625. The molecule has 0 radical (unpaired) electrons. The Morgan fingerprint density at radius 1 is 1.19 bits per heavy atom. The Labute approximate surface area is 229 Å². The van der Waals surface area contributed by atoms with Crippen molar-refractivity contribution in [3.63, 3.8) is 0 Å². The first-order valence-electron chi connectivity index (χ1n) is 10.7. The number of hydrogen-bond donors (Lipinski definition) is 3. The van der Waals surface area contributed by atoms with Crippen LogP contribution in [0.2, 0.25) is 0 Å². The number of hydrazone groups is 1. The van der Waals surface area contributed by atoms with Crippen molar-refractivity contribution in [3.8, 4) is 28.6 Å². The summed E-state index contributed by atoms with van der Waals surface area (Å²) in [5.74, 6) is 1.35. The van der Waals surface area contributed by atoms with Crippen LogP contribution < -0.4 is 14.7 Å². The third kappa shape index (κ3) is 6.15.